The fraction of sp³-hybridized carbons (Fsp3) is 0.704. The van der Waals surface area contributed by atoms with E-state index in [2.05, 4.69) is 6.92 Å². The van der Waals surface area contributed by atoms with Crippen LogP contribution in [-0.4, -0.2) is 29.3 Å². The smallest absolute Gasteiger partial charge is 0.303 e. The molecule has 0 saturated carbocycles. The zero-order chi connectivity index (χ0) is 23.4. The highest BCUT2D eigenvalue weighted by Crippen LogP contribution is 2.21. The fourth-order valence-electron chi connectivity index (χ4n) is 3.98. The van der Waals surface area contributed by atoms with E-state index in [1.165, 1.54) is 58.3 Å². The summed E-state index contributed by atoms with van der Waals surface area (Å²) in [4.78, 5) is 22.6. The van der Waals surface area contributed by atoms with Crippen molar-refractivity contribution in [2.24, 2.45) is 0 Å². The van der Waals surface area contributed by atoms with Gasteiger partial charge in [0.25, 0.3) is 0 Å². The minimum Gasteiger partial charge on any atom is -0.481 e. The van der Waals surface area contributed by atoms with Crippen molar-refractivity contribution in [3.8, 4) is 0 Å². The van der Waals surface area contributed by atoms with Gasteiger partial charge in [0.1, 0.15) is 6.10 Å². The number of carboxylic acids is 1. The summed E-state index contributed by atoms with van der Waals surface area (Å²) in [6.45, 7) is 4.11. The Morgan fingerprint density at radius 3 is 1.94 bits per heavy atom. The van der Waals surface area contributed by atoms with Crippen LogP contribution in [-0.2, 0) is 25.7 Å². The van der Waals surface area contributed by atoms with Gasteiger partial charge in [0, 0.05) is 13.3 Å². The molecule has 0 heterocycles. The van der Waals surface area contributed by atoms with E-state index in [-0.39, 0.29) is 18.5 Å². The third kappa shape index (κ3) is 15.0. The van der Waals surface area contributed by atoms with Crippen LogP contribution in [0.1, 0.15) is 109 Å². The molecule has 0 fully saturated rings. The number of unbranched alkanes of at least 4 members (excludes halogenated alkanes) is 9. The molecule has 0 aliphatic heterocycles. The molecular formula is C27H44O5. The first kappa shape index (κ1) is 28.2. The number of carbonyl (C=O) groups excluding carboxylic acids is 1. The Hall–Kier alpha value is -1.88. The van der Waals surface area contributed by atoms with Crippen LogP contribution in [0.15, 0.2) is 30.3 Å². The molecule has 0 aliphatic rings. The molecule has 5 heteroatoms. The predicted molar refractivity (Wildman–Crippen MR) is 129 cm³/mol. The summed E-state index contributed by atoms with van der Waals surface area (Å²) in [5, 5.41) is 8.96. The van der Waals surface area contributed by atoms with E-state index in [0.717, 1.165) is 24.8 Å². The lowest BCUT2D eigenvalue weighted by atomic mass is 9.99. The SMILES string of the molecule is CCCCCCCCCCCCC(OCc1ccccc1)C(CCCC(=O)O)OC(C)=O. The van der Waals surface area contributed by atoms with Crippen LogP contribution in [0.5, 0.6) is 0 Å². The molecule has 0 aliphatic carbocycles. The molecule has 32 heavy (non-hydrogen) atoms. The second-order valence-electron chi connectivity index (χ2n) is 8.74. The second kappa shape index (κ2) is 18.7. The summed E-state index contributed by atoms with van der Waals surface area (Å²) < 4.78 is 11.8. The van der Waals surface area contributed by atoms with Crippen LogP contribution in [0.3, 0.4) is 0 Å². The van der Waals surface area contributed by atoms with Gasteiger partial charge < -0.3 is 14.6 Å². The lowest BCUT2D eigenvalue weighted by molar-refractivity contribution is -0.157. The van der Waals surface area contributed by atoms with Crippen LogP contribution in [0, 0.1) is 0 Å². The van der Waals surface area contributed by atoms with Crippen LogP contribution in [0.2, 0.25) is 0 Å². The van der Waals surface area contributed by atoms with E-state index < -0.39 is 12.1 Å². The van der Waals surface area contributed by atoms with Crippen molar-refractivity contribution in [2.45, 2.75) is 123 Å². The highest BCUT2D eigenvalue weighted by Gasteiger charge is 2.25. The van der Waals surface area contributed by atoms with Crippen molar-refractivity contribution in [1.29, 1.82) is 0 Å². The van der Waals surface area contributed by atoms with Gasteiger partial charge in [0.05, 0.1) is 12.7 Å². The number of hydrogen-bond donors (Lipinski definition) is 1. The molecule has 182 valence electrons. The summed E-state index contributed by atoms with van der Waals surface area (Å²) >= 11 is 0. The van der Waals surface area contributed by atoms with E-state index in [1.54, 1.807) is 0 Å². The Bertz CT molecular complexity index is 601. The Labute approximate surface area is 194 Å². The molecule has 2 unspecified atom stereocenters. The molecule has 5 nitrogen and oxygen atoms in total. The monoisotopic (exact) mass is 448 g/mol. The van der Waals surface area contributed by atoms with Gasteiger partial charge >= 0.3 is 11.9 Å². The van der Waals surface area contributed by atoms with Crippen molar-refractivity contribution in [2.75, 3.05) is 0 Å². The Morgan fingerprint density at radius 2 is 1.38 bits per heavy atom. The molecule has 0 radical (unpaired) electrons. The summed E-state index contributed by atoms with van der Waals surface area (Å²) in [7, 11) is 0. The molecule has 1 N–H and O–H groups in total. The number of aliphatic carboxylic acids is 1. The van der Waals surface area contributed by atoms with Crippen LogP contribution < -0.4 is 0 Å². The van der Waals surface area contributed by atoms with Crippen molar-refractivity contribution >= 4 is 11.9 Å². The number of carbonyl (C=O) groups is 2. The third-order valence-electron chi connectivity index (χ3n) is 5.76. The van der Waals surface area contributed by atoms with Gasteiger partial charge in [-0.3, -0.25) is 9.59 Å². The molecule has 0 amide bonds. The van der Waals surface area contributed by atoms with Gasteiger partial charge in [-0.25, -0.2) is 0 Å². The van der Waals surface area contributed by atoms with Gasteiger partial charge in [-0.1, -0.05) is 101 Å². The van der Waals surface area contributed by atoms with E-state index in [0.29, 0.717) is 19.4 Å². The van der Waals surface area contributed by atoms with Gasteiger partial charge in [-0.05, 0) is 24.8 Å². The topological polar surface area (TPSA) is 72.8 Å². The number of hydrogen-bond acceptors (Lipinski definition) is 4. The quantitative estimate of drug-likeness (QED) is 0.171. The van der Waals surface area contributed by atoms with E-state index >= 15 is 0 Å². The first-order valence-corrected chi connectivity index (χ1v) is 12.6. The highest BCUT2D eigenvalue weighted by atomic mass is 16.6. The largest absolute Gasteiger partial charge is 0.481 e. The number of esters is 1. The molecule has 0 saturated heterocycles. The lowest BCUT2D eigenvalue weighted by Gasteiger charge is -2.27. The van der Waals surface area contributed by atoms with E-state index in [1.807, 2.05) is 30.3 Å². The van der Waals surface area contributed by atoms with Crippen molar-refractivity contribution in [1.82, 2.24) is 0 Å². The number of ether oxygens (including phenoxy) is 2. The molecule has 0 spiro atoms. The van der Waals surface area contributed by atoms with Crippen LogP contribution >= 0.6 is 0 Å². The Balaban J connectivity index is 2.50. The lowest BCUT2D eigenvalue weighted by Crippen LogP contribution is -2.33. The zero-order valence-electron chi connectivity index (χ0n) is 20.2. The predicted octanol–water partition coefficient (Wildman–Crippen LogP) is 7.07. The molecule has 0 aromatic heterocycles. The van der Waals surface area contributed by atoms with Crippen molar-refractivity contribution in [3.05, 3.63) is 35.9 Å². The van der Waals surface area contributed by atoms with Crippen LogP contribution in [0.4, 0.5) is 0 Å². The maximum atomic E-state index is 11.7. The normalized spacial score (nSPS) is 12.9. The second-order valence-corrected chi connectivity index (χ2v) is 8.74. The number of rotatable bonds is 20. The molecule has 0 bridgehead atoms. The Morgan fingerprint density at radius 1 is 0.812 bits per heavy atom. The van der Waals surface area contributed by atoms with Gasteiger partial charge in [0.2, 0.25) is 0 Å². The minimum absolute atomic E-state index is 0.0709. The first-order valence-electron chi connectivity index (χ1n) is 12.6. The van der Waals surface area contributed by atoms with E-state index in [4.69, 9.17) is 14.6 Å². The highest BCUT2D eigenvalue weighted by molar-refractivity contribution is 5.67. The maximum absolute atomic E-state index is 11.7. The van der Waals surface area contributed by atoms with Gasteiger partial charge in [-0.2, -0.15) is 0 Å². The molecule has 2 atom stereocenters. The Kier molecular flexibility index (Phi) is 16.4. The van der Waals surface area contributed by atoms with Crippen LogP contribution in [0.25, 0.3) is 0 Å². The van der Waals surface area contributed by atoms with Gasteiger partial charge in [-0.15, -0.1) is 0 Å². The number of carboxylic acid groups (broad SMARTS) is 1. The van der Waals surface area contributed by atoms with E-state index in [9.17, 15) is 9.59 Å². The minimum atomic E-state index is -0.831. The standard InChI is InChI=1S/C27H44O5/c1-3-4-5-6-7-8-9-10-11-15-19-25(31-22-24-17-13-12-14-18-24)26(32-23(2)28)20-16-21-27(29)30/h12-14,17-18,25-26H,3-11,15-16,19-22H2,1-2H3,(H,29,30). The summed E-state index contributed by atoms with van der Waals surface area (Å²) in [5.74, 6) is -1.18. The maximum Gasteiger partial charge on any atom is 0.303 e. The summed E-state index contributed by atoms with van der Waals surface area (Å²) in [6, 6.07) is 9.96. The molecule has 1 aromatic rings. The fourth-order valence-corrected chi connectivity index (χ4v) is 3.98. The first-order chi connectivity index (χ1) is 15.5. The van der Waals surface area contributed by atoms with Crippen molar-refractivity contribution in [3.63, 3.8) is 0 Å². The average molecular weight is 449 g/mol. The van der Waals surface area contributed by atoms with Gasteiger partial charge in [0.15, 0.2) is 0 Å². The zero-order valence-corrected chi connectivity index (χ0v) is 20.2. The van der Waals surface area contributed by atoms with Crippen molar-refractivity contribution < 1.29 is 24.2 Å². The molecular weight excluding hydrogens is 404 g/mol. The molecule has 1 rings (SSSR count). The average Bonchev–Trinajstić information content (AvgIpc) is 2.76. The summed E-state index contributed by atoms with van der Waals surface area (Å²) in [6.07, 6.45) is 13.9. The third-order valence-corrected chi connectivity index (χ3v) is 5.76. The summed E-state index contributed by atoms with van der Waals surface area (Å²) in [5.41, 5.74) is 1.08. The molecule has 1 aromatic carbocycles. The number of benzene rings is 1.